The van der Waals surface area contributed by atoms with Gasteiger partial charge in [0.1, 0.15) is 17.3 Å². The maximum absolute atomic E-state index is 15.1. The molecule has 0 saturated carbocycles. The molecule has 0 amide bonds. The van der Waals surface area contributed by atoms with Crippen molar-refractivity contribution in [2.24, 2.45) is 0 Å². The molecule has 1 saturated heterocycles. The number of benzene rings is 2. The minimum Gasteiger partial charge on any atom is -0.367 e. The number of anilines is 6. The van der Waals surface area contributed by atoms with Gasteiger partial charge in [0, 0.05) is 45.1 Å². The Labute approximate surface area is 221 Å². The van der Waals surface area contributed by atoms with Gasteiger partial charge in [-0.25, -0.2) is 12.8 Å². The molecule has 0 aliphatic carbocycles. The lowest BCUT2D eigenvalue weighted by molar-refractivity contribution is 0.311. The van der Waals surface area contributed by atoms with E-state index in [2.05, 4.69) is 42.4 Å². The smallest absolute Gasteiger partial charge is 0.232 e. The van der Waals surface area contributed by atoms with E-state index in [1.165, 1.54) is 17.4 Å². The molecule has 2 aromatic heterocycles. The third-order valence-corrected chi connectivity index (χ3v) is 7.96. The number of sulfonamides is 1. The van der Waals surface area contributed by atoms with Crippen LogP contribution in [0.5, 0.6) is 0 Å². The summed E-state index contributed by atoms with van der Waals surface area (Å²) in [6.45, 7) is 5.26. The summed E-state index contributed by atoms with van der Waals surface area (Å²) in [5.74, 6) is 0.440. The lowest BCUT2D eigenvalue weighted by Gasteiger charge is -2.34. The Balaban J connectivity index is 1.46. The van der Waals surface area contributed by atoms with Crippen molar-refractivity contribution in [1.82, 2.24) is 19.9 Å². The van der Waals surface area contributed by atoms with Crippen LogP contribution in [0, 0.1) is 12.7 Å². The van der Waals surface area contributed by atoms with Gasteiger partial charge in [0.25, 0.3) is 0 Å². The maximum Gasteiger partial charge on any atom is 0.232 e. The topological polar surface area (TPSA) is 109 Å². The van der Waals surface area contributed by atoms with Crippen molar-refractivity contribution >= 4 is 55.6 Å². The highest BCUT2D eigenvalue weighted by Crippen LogP contribution is 2.33. The summed E-state index contributed by atoms with van der Waals surface area (Å²) in [4.78, 5) is 16.7. The van der Waals surface area contributed by atoms with E-state index >= 15 is 4.39 Å². The second kappa shape index (κ2) is 10.1. The molecule has 3 heterocycles. The number of fused-ring (bicyclic) bond motifs is 1. The molecule has 0 radical (unpaired) electrons. The summed E-state index contributed by atoms with van der Waals surface area (Å²) in [6, 6.07) is 12.1. The summed E-state index contributed by atoms with van der Waals surface area (Å²) < 4.78 is 40.7. The van der Waals surface area contributed by atoms with Crippen LogP contribution in [-0.4, -0.2) is 74.8 Å². The molecular formula is C26H31FN8O2S. The number of hydrogen-bond donors (Lipinski definition) is 3. The van der Waals surface area contributed by atoms with Gasteiger partial charge in [0.15, 0.2) is 0 Å². The molecule has 3 N–H and O–H groups in total. The van der Waals surface area contributed by atoms with Gasteiger partial charge in [0.05, 0.1) is 28.7 Å². The highest BCUT2D eigenvalue weighted by atomic mass is 32.2. The van der Waals surface area contributed by atoms with E-state index < -0.39 is 10.0 Å². The summed E-state index contributed by atoms with van der Waals surface area (Å²) >= 11 is 0. The van der Waals surface area contributed by atoms with Crippen LogP contribution >= 0.6 is 0 Å². The molecule has 12 heteroatoms. The van der Waals surface area contributed by atoms with Gasteiger partial charge in [0.2, 0.25) is 16.0 Å². The number of para-hydroxylation sites is 2. The Hall–Kier alpha value is -3.90. The summed E-state index contributed by atoms with van der Waals surface area (Å²) in [6.07, 6.45) is 2.98. The molecule has 2 aromatic carbocycles. The standard InChI is InChI=1S/C26H31FN8O2S/c1-17-16-28-24-23(17)25(30-20-7-5-6-8-22(20)34(3)38(4,36)37)32-26(31-24)29-18-9-10-21(19(27)15-18)35-13-11-33(2)12-14-35/h5-10,15-16H,11-14H2,1-4H3,(H3,28,29,30,31,32). The molecule has 38 heavy (non-hydrogen) atoms. The third-order valence-electron chi connectivity index (χ3n) is 6.77. The van der Waals surface area contributed by atoms with E-state index in [-0.39, 0.29) is 11.8 Å². The molecule has 5 rings (SSSR count). The lowest BCUT2D eigenvalue weighted by Crippen LogP contribution is -2.44. The number of likely N-dealkylation sites (N-methyl/N-ethyl adjacent to an activating group) is 1. The zero-order chi connectivity index (χ0) is 27.0. The first-order valence-electron chi connectivity index (χ1n) is 12.3. The first-order chi connectivity index (χ1) is 18.1. The molecule has 0 atom stereocenters. The lowest BCUT2D eigenvalue weighted by atomic mass is 10.2. The van der Waals surface area contributed by atoms with Gasteiger partial charge in [-0.1, -0.05) is 12.1 Å². The minimum absolute atomic E-state index is 0.266. The van der Waals surface area contributed by atoms with Gasteiger partial charge in [-0.2, -0.15) is 9.97 Å². The molecule has 0 spiro atoms. The van der Waals surface area contributed by atoms with Gasteiger partial charge < -0.3 is 25.4 Å². The number of aromatic amines is 1. The van der Waals surface area contributed by atoms with Crippen molar-refractivity contribution < 1.29 is 12.8 Å². The molecule has 0 unspecified atom stereocenters. The number of aryl methyl sites for hydroxylation is 1. The molecule has 1 aliphatic rings. The Kier molecular flexibility index (Phi) is 6.84. The molecular weight excluding hydrogens is 507 g/mol. The molecule has 1 aliphatic heterocycles. The van der Waals surface area contributed by atoms with Crippen LogP contribution in [0.25, 0.3) is 11.0 Å². The quantitative estimate of drug-likeness (QED) is 0.324. The maximum atomic E-state index is 15.1. The fraction of sp³-hybridized carbons (Fsp3) is 0.308. The van der Waals surface area contributed by atoms with Crippen molar-refractivity contribution in [2.75, 3.05) is 66.4 Å². The second-order valence-electron chi connectivity index (χ2n) is 9.55. The van der Waals surface area contributed by atoms with Crippen LogP contribution in [0.15, 0.2) is 48.7 Å². The number of nitrogens with zero attached hydrogens (tertiary/aromatic N) is 5. The molecule has 1 fully saturated rings. The van der Waals surface area contributed by atoms with E-state index in [0.717, 1.165) is 43.4 Å². The van der Waals surface area contributed by atoms with Crippen molar-refractivity contribution in [3.8, 4) is 0 Å². The fourth-order valence-electron chi connectivity index (χ4n) is 4.51. The Bertz CT molecular complexity index is 1580. The van der Waals surface area contributed by atoms with Crippen molar-refractivity contribution in [3.05, 3.63) is 60.0 Å². The zero-order valence-electron chi connectivity index (χ0n) is 21.8. The summed E-state index contributed by atoms with van der Waals surface area (Å²) in [5.41, 5.74) is 3.65. The van der Waals surface area contributed by atoms with Gasteiger partial charge in [-0.3, -0.25) is 4.31 Å². The number of aromatic nitrogens is 3. The van der Waals surface area contributed by atoms with Gasteiger partial charge in [-0.15, -0.1) is 0 Å². The van der Waals surface area contributed by atoms with Crippen molar-refractivity contribution in [3.63, 3.8) is 0 Å². The van der Waals surface area contributed by atoms with Crippen LogP contribution in [0.4, 0.5) is 38.9 Å². The van der Waals surface area contributed by atoms with Crippen molar-refractivity contribution in [1.29, 1.82) is 0 Å². The highest BCUT2D eigenvalue weighted by Gasteiger charge is 2.20. The number of nitrogens with one attached hydrogen (secondary N) is 3. The van der Waals surface area contributed by atoms with E-state index in [0.29, 0.717) is 34.2 Å². The largest absolute Gasteiger partial charge is 0.367 e. The van der Waals surface area contributed by atoms with E-state index in [9.17, 15) is 8.42 Å². The van der Waals surface area contributed by atoms with Crippen molar-refractivity contribution in [2.45, 2.75) is 6.92 Å². The second-order valence-corrected chi connectivity index (χ2v) is 11.6. The van der Waals surface area contributed by atoms with Gasteiger partial charge in [-0.05, 0) is 49.9 Å². The van der Waals surface area contributed by atoms with Gasteiger partial charge >= 0.3 is 0 Å². The van der Waals surface area contributed by atoms with Crippen LogP contribution in [0.1, 0.15) is 5.56 Å². The predicted octanol–water partition coefficient (Wildman–Crippen LogP) is 4.04. The third kappa shape index (κ3) is 5.22. The number of piperazine rings is 1. The van der Waals surface area contributed by atoms with Crippen LogP contribution in [0.2, 0.25) is 0 Å². The summed E-state index contributed by atoms with van der Waals surface area (Å²) in [5, 5.41) is 7.17. The number of hydrogen-bond acceptors (Lipinski definition) is 8. The fourth-order valence-corrected chi connectivity index (χ4v) is 5.03. The monoisotopic (exact) mass is 538 g/mol. The molecule has 10 nitrogen and oxygen atoms in total. The zero-order valence-corrected chi connectivity index (χ0v) is 22.6. The SMILES string of the molecule is Cc1c[nH]c2nc(Nc3ccc(N4CCN(C)CC4)c(F)c3)nc(Nc3ccccc3N(C)S(C)(=O)=O)c12. The summed E-state index contributed by atoms with van der Waals surface area (Å²) in [7, 11) is 0.0874. The average molecular weight is 539 g/mol. The van der Waals surface area contributed by atoms with E-state index in [4.69, 9.17) is 0 Å². The molecule has 4 aromatic rings. The highest BCUT2D eigenvalue weighted by molar-refractivity contribution is 7.92. The first-order valence-corrected chi connectivity index (χ1v) is 14.1. The Morgan fingerprint density at radius 2 is 1.79 bits per heavy atom. The minimum atomic E-state index is -3.48. The van der Waals surface area contributed by atoms with E-state index in [1.807, 2.05) is 25.3 Å². The Morgan fingerprint density at radius 3 is 2.50 bits per heavy atom. The Morgan fingerprint density at radius 1 is 1.05 bits per heavy atom. The average Bonchev–Trinajstić information content (AvgIpc) is 3.25. The molecule has 0 bridgehead atoms. The number of halogens is 1. The predicted molar refractivity (Wildman–Crippen MR) is 151 cm³/mol. The van der Waals surface area contributed by atoms with E-state index in [1.54, 1.807) is 24.3 Å². The van der Waals surface area contributed by atoms with Crippen LogP contribution < -0.4 is 19.8 Å². The normalized spacial score (nSPS) is 14.6. The van der Waals surface area contributed by atoms with Crippen LogP contribution in [-0.2, 0) is 10.0 Å². The number of H-pyrrole nitrogens is 1. The van der Waals surface area contributed by atoms with Crippen LogP contribution in [0.3, 0.4) is 0 Å². The molecule has 200 valence electrons. The number of rotatable bonds is 7. The first kappa shape index (κ1) is 25.7.